The number of thioether (sulfide) groups is 1. The summed E-state index contributed by atoms with van der Waals surface area (Å²) in [6, 6.07) is 10.9. The van der Waals surface area contributed by atoms with E-state index in [4.69, 9.17) is 0 Å². The van der Waals surface area contributed by atoms with Gasteiger partial charge in [-0.2, -0.15) is 0 Å². The van der Waals surface area contributed by atoms with Crippen LogP contribution < -0.4 is 10.2 Å². The fourth-order valence-corrected chi connectivity index (χ4v) is 4.00. The number of anilines is 1. The minimum atomic E-state index is 0.0212. The minimum absolute atomic E-state index is 0.0212. The van der Waals surface area contributed by atoms with Gasteiger partial charge in [0.1, 0.15) is 0 Å². The summed E-state index contributed by atoms with van der Waals surface area (Å²) in [4.78, 5) is 23.1. The highest BCUT2D eigenvalue weighted by Gasteiger charge is 2.24. The maximum Gasteiger partial charge on any atom is 0.230 e. The van der Waals surface area contributed by atoms with E-state index in [-0.39, 0.29) is 5.91 Å². The van der Waals surface area contributed by atoms with Crippen molar-refractivity contribution in [2.75, 3.05) is 23.7 Å². The van der Waals surface area contributed by atoms with E-state index >= 15 is 0 Å². The molecule has 1 aromatic carbocycles. The van der Waals surface area contributed by atoms with Crippen LogP contribution in [0.3, 0.4) is 0 Å². The van der Waals surface area contributed by atoms with Crippen molar-refractivity contribution in [3.8, 4) is 0 Å². The largest absolute Gasteiger partial charge is 0.367 e. The number of hydrogen-bond acceptors (Lipinski definition) is 5. The fourth-order valence-electron chi connectivity index (χ4n) is 3.23. The Morgan fingerprint density at radius 3 is 2.76 bits per heavy atom. The highest BCUT2D eigenvalue weighted by Crippen LogP contribution is 2.31. The van der Waals surface area contributed by atoms with Crippen LogP contribution >= 0.6 is 11.8 Å². The normalized spacial score (nSPS) is 16.0. The van der Waals surface area contributed by atoms with E-state index in [9.17, 15) is 4.79 Å². The molecule has 1 aliphatic heterocycles. The molecule has 3 rings (SSSR count). The van der Waals surface area contributed by atoms with Crippen LogP contribution in [0.1, 0.15) is 23.9 Å². The molecule has 0 saturated carbocycles. The summed E-state index contributed by atoms with van der Waals surface area (Å²) in [6.07, 6.45) is 1.07. The summed E-state index contributed by atoms with van der Waals surface area (Å²) in [5.74, 6) is 0.363. The molecule has 0 radical (unpaired) electrons. The highest BCUT2D eigenvalue weighted by molar-refractivity contribution is 7.99. The second kappa shape index (κ2) is 7.87. The molecule has 2 heterocycles. The predicted molar refractivity (Wildman–Crippen MR) is 102 cm³/mol. The van der Waals surface area contributed by atoms with Crippen LogP contribution in [0.4, 0.5) is 5.69 Å². The van der Waals surface area contributed by atoms with Gasteiger partial charge in [0.05, 0.1) is 5.75 Å². The number of carbonyl (C=O) groups is 1. The number of nitrogens with one attached hydrogen (secondary N) is 1. The quantitative estimate of drug-likeness (QED) is 0.637. The highest BCUT2D eigenvalue weighted by atomic mass is 32.2. The second-order valence-corrected chi connectivity index (χ2v) is 7.39. The first-order valence-corrected chi connectivity index (χ1v) is 9.58. The number of carbonyl (C=O) groups excluding carboxylic acids is 1. The number of benzene rings is 1. The van der Waals surface area contributed by atoms with Gasteiger partial charge in [-0.05, 0) is 44.9 Å². The predicted octanol–water partition coefficient (Wildman–Crippen LogP) is 2.75. The zero-order chi connectivity index (χ0) is 17.8. The van der Waals surface area contributed by atoms with Gasteiger partial charge in [-0.3, -0.25) is 4.79 Å². The van der Waals surface area contributed by atoms with Crippen LogP contribution in [-0.2, 0) is 11.2 Å². The van der Waals surface area contributed by atoms with Crippen LogP contribution in [0, 0.1) is 13.8 Å². The molecular weight excluding hydrogens is 332 g/mol. The van der Waals surface area contributed by atoms with Crippen molar-refractivity contribution < 1.29 is 4.79 Å². The Balaban J connectivity index is 1.45. The third-order valence-corrected chi connectivity index (χ3v) is 5.16. The van der Waals surface area contributed by atoms with E-state index in [1.165, 1.54) is 23.0 Å². The number of aromatic nitrogens is 2. The average molecular weight is 356 g/mol. The van der Waals surface area contributed by atoms with Crippen molar-refractivity contribution >= 4 is 23.4 Å². The Hall–Kier alpha value is -2.08. The van der Waals surface area contributed by atoms with E-state index in [0.29, 0.717) is 23.5 Å². The SMILES string of the molecule is Cc1cc(C)nc(SCC(=O)NCCN2c3ccccc3CC2C)n1. The van der Waals surface area contributed by atoms with Crippen molar-refractivity contribution in [3.63, 3.8) is 0 Å². The number of rotatable bonds is 6. The topological polar surface area (TPSA) is 58.1 Å². The number of amides is 1. The number of para-hydroxylation sites is 1. The molecule has 1 amide bonds. The van der Waals surface area contributed by atoms with Gasteiger partial charge in [0, 0.05) is 36.2 Å². The van der Waals surface area contributed by atoms with Gasteiger partial charge in [-0.25, -0.2) is 9.97 Å². The summed E-state index contributed by atoms with van der Waals surface area (Å²) >= 11 is 1.38. The van der Waals surface area contributed by atoms with E-state index in [1.807, 2.05) is 19.9 Å². The molecule has 0 fully saturated rings. The van der Waals surface area contributed by atoms with Gasteiger partial charge in [0.25, 0.3) is 0 Å². The van der Waals surface area contributed by atoms with Gasteiger partial charge in [-0.1, -0.05) is 30.0 Å². The third kappa shape index (κ3) is 4.51. The summed E-state index contributed by atoms with van der Waals surface area (Å²) in [7, 11) is 0. The molecule has 1 aliphatic rings. The molecule has 1 unspecified atom stereocenters. The summed E-state index contributed by atoms with van der Waals surface area (Å²) in [6.45, 7) is 7.58. The lowest BCUT2D eigenvalue weighted by atomic mass is 10.1. The molecule has 1 N–H and O–H groups in total. The maximum atomic E-state index is 12.1. The minimum Gasteiger partial charge on any atom is -0.367 e. The van der Waals surface area contributed by atoms with Crippen LogP contribution in [0.2, 0.25) is 0 Å². The molecule has 25 heavy (non-hydrogen) atoms. The van der Waals surface area contributed by atoms with Gasteiger partial charge in [-0.15, -0.1) is 0 Å². The van der Waals surface area contributed by atoms with Gasteiger partial charge in [0.2, 0.25) is 5.91 Å². The maximum absolute atomic E-state index is 12.1. The van der Waals surface area contributed by atoms with E-state index < -0.39 is 0 Å². The zero-order valence-electron chi connectivity index (χ0n) is 15.0. The molecule has 1 atom stereocenters. The van der Waals surface area contributed by atoms with Crippen molar-refractivity contribution in [2.45, 2.75) is 38.4 Å². The van der Waals surface area contributed by atoms with Gasteiger partial charge < -0.3 is 10.2 Å². The first-order valence-electron chi connectivity index (χ1n) is 8.59. The Morgan fingerprint density at radius 2 is 2.00 bits per heavy atom. The lowest BCUT2D eigenvalue weighted by Crippen LogP contribution is -2.38. The first-order chi connectivity index (χ1) is 12.0. The van der Waals surface area contributed by atoms with Crippen LogP contribution in [0.5, 0.6) is 0 Å². The smallest absolute Gasteiger partial charge is 0.230 e. The van der Waals surface area contributed by atoms with Crippen LogP contribution in [0.15, 0.2) is 35.5 Å². The average Bonchev–Trinajstić information content (AvgIpc) is 2.88. The molecular formula is C19H24N4OS. The van der Waals surface area contributed by atoms with Gasteiger partial charge in [0.15, 0.2) is 5.16 Å². The first kappa shape index (κ1) is 17.7. The number of fused-ring (bicyclic) bond motifs is 1. The molecule has 0 aliphatic carbocycles. The van der Waals surface area contributed by atoms with E-state index in [1.54, 1.807) is 0 Å². The number of nitrogens with zero attached hydrogens (tertiary/aromatic N) is 3. The zero-order valence-corrected chi connectivity index (χ0v) is 15.8. The van der Waals surface area contributed by atoms with Crippen molar-refractivity contribution in [1.82, 2.24) is 15.3 Å². The fraction of sp³-hybridized carbons (Fsp3) is 0.421. The molecule has 0 bridgehead atoms. The van der Waals surface area contributed by atoms with Crippen molar-refractivity contribution in [3.05, 3.63) is 47.3 Å². The molecule has 2 aromatic rings. The molecule has 0 spiro atoms. The third-order valence-electron chi connectivity index (χ3n) is 4.32. The molecule has 132 valence electrons. The lowest BCUT2D eigenvalue weighted by molar-refractivity contribution is -0.118. The Bertz CT molecular complexity index is 745. The summed E-state index contributed by atoms with van der Waals surface area (Å²) in [5, 5.41) is 3.67. The standard InChI is InChI=1S/C19H24N4OS/c1-13-10-14(2)22-19(21-13)25-12-18(24)20-8-9-23-15(3)11-16-6-4-5-7-17(16)23/h4-7,10,15H,8-9,11-12H2,1-3H3,(H,20,24). The number of aryl methyl sites for hydroxylation is 2. The second-order valence-electron chi connectivity index (χ2n) is 6.45. The molecule has 0 saturated heterocycles. The van der Waals surface area contributed by atoms with Gasteiger partial charge >= 0.3 is 0 Å². The number of hydrogen-bond donors (Lipinski definition) is 1. The van der Waals surface area contributed by atoms with E-state index in [0.717, 1.165) is 24.4 Å². The van der Waals surface area contributed by atoms with Crippen LogP contribution in [-0.4, -0.2) is 40.8 Å². The molecule has 1 aromatic heterocycles. The lowest BCUT2D eigenvalue weighted by Gasteiger charge is -2.25. The molecule has 6 heteroatoms. The molecule has 5 nitrogen and oxygen atoms in total. The van der Waals surface area contributed by atoms with Crippen molar-refractivity contribution in [1.29, 1.82) is 0 Å². The van der Waals surface area contributed by atoms with Crippen molar-refractivity contribution in [2.24, 2.45) is 0 Å². The Labute approximate surface area is 153 Å². The Morgan fingerprint density at radius 1 is 1.28 bits per heavy atom. The monoisotopic (exact) mass is 356 g/mol. The Kier molecular flexibility index (Phi) is 5.58. The summed E-state index contributed by atoms with van der Waals surface area (Å²) < 4.78 is 0. The van der Waals surface area contributed by atoms with E-state index in [2.05, 4.69) is 51.4 Å². The summed E-state index contributed by atoms with van der Waals surface area (Å²) in [5.41, 5.74) is 4.54. The van der Waals surface area contributed by atoms with Crippen LogP contribution in [0.25, 0.3) is 0 Å².